The molecule has 5 nitrogen and oxygen atoms in total. The number of ether oxygens (including phenoxy) is 1. The van der Waals surface area contributed by atoms with Crippen LogP contribution in [0.1, 0.15) is 48.6 Å². The number of hydrogen-bond donors (Lipinski definition) is 1. The second kappa shape index (κ2) is 10.3. The Kier molecular flexibility index (Phi) is 7.50. The molecule has 1 unspecified atom stereocenters. The summed E-state index contributed by atoms with van der Waals surface area (Å²) in [6.45, 7) is 9.47. The number of rotatable bonds is 10. The van der Waals surface area contributed by atoms with E-state index in [1.807, 2.05) is 19.2 Å². The third kappa shape index (κ3) is 6.20. The van der Waals surface area contributed by atoms with Gasteiger partial charge in [0.15, 0.2) is 0 Å². The number of aromatic nitrogens is 2. The van der Waals surface area contributed by atoms with E-state index in [-0.39, 0.29) is 12.3 Å². The van der Waals surface area contributed by atoms with Gasteiger partial charge < -0.3 is 14.4 Å². The summed E-state index contributed by atoms with van der Waals surface area (Å²) >= 11 is 0. The molecule has 3 rings (SSSR count). The van der Waals surface area contributed by atoms with E-state index in [2.05, 4.69) is 66.7 Å². The van der Waals surface area contributed by atoms with Gasteiger partial charge in [-0.25, -0.2) is 4.98 Å². The van der Waals surface area contributed by atoms with Gasteiger partial charge in [-0.05, 0) is 45.6 Å². The summed E-state index contributed by atoms with van der Waals surface area (Å²) in [5.74, 6) is 1.24. The van der Waals surface area contributed by atoms with Crippen molar-refractivity contribution in [1.29, 1.82) is 0 Å². The molecular formula is C26H32N2O3. The highest BCUT2D eigenvalue weighted by Gasteiger charge is 2.13. The first-order chi connectivity index (χ1) is 14.8. The van der Waals surface area contributed by atoms with Gasteiger partial charge in [0.25, 0.3) is 0 Å². The molecule has 0 aliphatic heterocycles. The molecular weight excluding hydrogens is 388 g/mol. The van der Waals surface area contributed by atoms with Crippen LogP contribution < -0.4 is 4.74 Å². The van der Waals surface area contributed by atoms with Crippen molar-refractivity contribution < 1.29 is 14.6 Å². The molecule has 5 heteroatoms. The molecule has 0 bridgehead atoms. The summed E-state index contributed by atoms with van der Waals surface area (Å²) in [5.41, 5.74) is 5.73. The molecule has 1 aromatic heterocycles. The van der Waals surface area contributed by atoms with Crippen molar-refractivity contribution in [1.82, 2.24) is 9.55 Å². The molecule has 0 aliphatic carbocycles. The lowest BCUT2D eigenvalue weighted by atomic mass is 10.0. The second-order valence-corrected chi connectivity index (χ2v) is 8.48. The Morgan fingerprint density at radius 1 is 1.10 bits per heavy atom. The fourth-order valence-corrected chi connectivity index (χ4v) is 3.75. The topological polar surface area (TPSA) is 64.4 Å². The van der Waals surface area contributed by atoms with Gasteiger partial charge in [0.1, 0.15) is 11.6 Å². The lowest BCUT2D eigenvalue weighted by Crippen LogP contribution is -2.09. The Labute approximate surface area is 184 Å². The van der Waals surface area contributed by atoms with E-state index in [4.69, 9.17) is 9.84 Å². The largest absolute Gasteiger partial charge is 0.493 e. The number of aliphatic carboxylic acids is 1. The molecule has 1 N–H and O–H groups in total. The van der Waals surface area contributed by atoms with Crippen molar-refractivity contribution in [2.75, 3.05) is 6.61 Å². The van der Waals surface area contributed by atoms with E-state index in [1.165, 1.54) is 11.1 Å². The van der Waals surface area contributed by atoms with Gasteiger partial charge in [-0.2, -0.15) is 0 Å². The average molecular weight is 421 g/mol. The van der Waals surface area contributed by atoms with Crippen LogP contribution >= 0.6 is 0 Å². The van der Waals surface area contributed by atoms with Gasteiger partial charge in [0, 0.05) is 29.4 Å². The second-order valence-electron chi connectivity index (χ2n) is 8.48. The minimum absolute atomic E-state index is 0.157. The highest BCUT2D eigenvalue weighted by atomic mass is 16.5. The first-order valence-electron chi connectivity index (χ1n) is 10.9. The van der Waals surface area contributed by atoms with Gasteiger partial charge >= 0.3 is 5.97 Å². The zero-order valence-corrected chi connectivity index (χ0v) is 18.9. The van der Waals surface area contributed by atoms with E-state index in [0.717, 1.165) is 41.2 Å². The van der Waals surface area contributed by atoms with E-state index in [0.29, 0.717) is 13.2 Å². The highest BCUT2D eigenvalue weighted by molar-refractivity contribution is 5.66. The predicted octanol–water partition coefficient (Wildman–Crippen LogP) is 5.79. The van der Waals surface area contributed by atoms with Gasteiger partial charge in [-0.1, -0.05) is 54.4 Å². The molecule has 0 radical (unpaired) electrons. The van der Waals surface area contributed by atoms with Crippen molar-refractivity contribution in [3.05, 3.63) is 71.0 Å². The number of carbonyl (C=O) groups is 1. The molecule has 1 atom stereocenters. The minimum atomic E-state index is -0.741. The number of nitrogens with zero attached hydrogens (tertiary/aromatic N) is 2. The number of aryl methyl sites for hydroxylation is 3. The Morgan fingerprint density at radius 2 is 1.81 bits per heavy atom. The molecule has 3 aromatic rings. The molecule has 0 amide bonds. The third-order valence-corrected chi connectivity index (χ3v) is 5.53. The maximum Gasteiger partial charge on any atom is 0.303 e. The Hall–Kier alpha value is -3.08. The zero-order valence-electron chi connectivity index (χ0n) is 18.9. The van der Waals surface area contributed by atoms with Crippen molar-refractivity contribution in [2.24, 2.45) is 5.92 Å². The first-order valence-corrected chi connectivity index (χ1v) is 10.9. The van der Waals surface area contributed by atoms with Crippen LogP contribution in [-0.2, 0) is 11.3 Å². The predicted molar refractivity (Wildman–Crippen MR) is 124 cm³/mol. The molecule has 0 saturated carbocycles. The van der Waals surface area contributed by atoms with Crippen LogP contribution in [0.2, 0.25) is 0 Å². The van der Waals surface area contributed by atoms with Crippen LogP contribution in [0.3, 0.4) is 0 Å². The molecule has 0 spiro atoms. The summed E-state index contributed by atoms with van der Waals surface area (Å²) < 4.78 is 8.34. The Bertz CT molecular complexity index is 1020. The van der Waals surface area contributed by atoms with Crippen LogP contribution in [0.15, 0.2) is 48.7 Å². The molecule has 1 heterocycles. The molecule has 31 heavy (non-hydrogen) atoms. The molecule has 2 aromatic carbocycles. The number of carboxylic acids is 1. The SMILES string of the molecule is Cc1ccc(-c2ncc(C)n2Cc2cc(C)ccc2OCCCC(C)CC(=O)O)cc1. The third-order valence-electron chi connectivity index (χ3n) is 5.53. The van der Waals surface area contributed by atoms with E-state index in [9.17, 15) is 4.79 Å². The van der Waals surface area contributed by atoms with Crippen molar-refractivity contribution in [3.8, 4) is 17.1 Å². The summed E-state index contributed by atoms with van der Waals surface area (Å²) in [5, 5.41) is 8.91. The minimum Gasteiger partial charge on any atom is -0.493 e. The van der Waals surface area contributed by atoms with E-state index >= 15 is 0 Å². The van der Waals surface area contributed by atoms with Crippen LogP contribution in [0.5, 0.6) is 5.75 Å². The summed E-state index contributed by atoms with van der Waals surface area (Å²) in [4.78, 5) is 15.5. The fourth-order valence-electron chi connectivity index (χ4n) is 3.75. The molecule has 0 aliphatic rings. The van der Waals surface area contributed by atoms with E-state index in [1.54, 1.807) is 0 Å². The maximum atomic E-state index is 10.8. The molecule has 0 saturated heterocycles. The zero-order chi connectivity index (χ0) is 22.4. The molecule has 164 valence electrons. The van der Waals surface area contributed by atoms with Crippen LogP contribution in [-0.4, -0.2) is 27.2 Å². The average Bonchev–Trinajstić information content (AvgIpc) is 3.07. The number of imidazole rings is 1. The first kappa shape index (κ1) is 22.6. The van der Waals surface area contributed by atoms with Crippen LogP contribution in [0, 0.1) is 26.7 Å². The maximum absolute atomic E-state index is 10.8. The van der Waals surface area contributed by atoms with Gasteiger partial charge in [0.05, 0.1) is 13.2 Å². The van der Waals surface area contributed by atoms with Gasteiger partial charge in [0.2, 0.25) is 0 Å². The quantitative estimate of drug-likeness (QED) is 0.421. The highest BCUT2D eigenvalue weighted by Crippen LogP contribution is 2.26. The molecule has 0 fully saturated rings. The summed E-state index contributed by atoms with van der Waals surface area (Å²) in [6, 6.07) is 14.7. The van der Waals surface area contributed by atoms with Crippen LogP contribution in [0.4, 0.5) is 0 Å². The fraction of sp³-hybridized carbons (Fsp3) is 0.385. The van der Waals surface area contributed by atoms with Crippen LogP contribution in [0.25, 0.3) is 11.4 Å². The standard InChI is InChI=1S/C26H32N2O3/c1-18-7-10-22(11-8-18)26-27-16-21(4)28(26)17-23-14-20(3)9-12-24(23)31-13-5-6-19(2)15-25(29)30/h7-12,14,16,19H,5-6,13,15,17H2,1-4H3,(H,29,30). The monoisotopic (exact) mass is 420 g/mol. The Morgan fingerprint density at radius 3 is 2.52 bits per heavy atom. The summed E-state index contributed by atoms with van der Waals surface area (Å²) in [6.07, 6.45) is 3.79. The Balaban J connectivity index is 1.74. The normalized spacial score (nSPS) is 12.0. The smallest absolute Gasteiger partial charge is 0.303 e. The number of carboxylic acid groups (broad SMARTS) is 1. The van der Waals surface area contributed by atoms with Crippen molar-refractivity contribution in [3.63, 3.8) is 0 Å². The van der Waals surface area contributed by atoms with Crippen molar-refractivity contribution in [2.45, 2.75) is 53.5 Å². The van der Waals surface area contributed by atoms with E-state index < -0.39 is 5.97 Å². The number of hydrogen-bond acceptors (Lipinski definition) is 3. The van der Waals surface area contributed by atoms with Gasteiger partial charge in [-0.15, -0.1) is 0 Å². The van der Waals surface area contributed by atoms with Gasteiger partial charge in [-0.3, -0.25) is 4.79 Å². The lowest BCUT2D eigenvalue weighted by Gasteiger charge is -2.16. The lowest BCUT2D eigenvalue weighted by molar-refractivity contribution is -0.138. The van der Waals surface area contributed by atoms with Crippen molar-refractivity contribution >= 4 is 5.97 Å². The summed E-state index contributed by atoms with van der Waals surface area (Å²) in [7, 11) is 0. The number of benzene rings is 2.